The maximum absolute atomic E-state index is 11.7. The molecule has 2 aromatic rings. The van der Waals surface area contributed by atoms with Crippen LogP contribution in [-0.4, -0.2) is 16.7 Å². The maximum Gasteiger partial charge on any atom is 0.309 e. The van der Waals surface area contributed by atoms with Crippen molar-refractivity contribution >= 4 is 34.3 Å². The number of carbonyl (C=O) groups excluding carboxylic acids is 1. The van der Waals surface area contributed by atoms with Crippen LogP contribution in [0.3, 0.4) is 0 Å². The second-order valence-electron chi connectivity index (χ2n) is 5.08. The van der Waals surface area contributed by atoms with Crippen LogP contribution in [0.1, 0.15) is 16.7 Å². The van der Waals surface area contributed by atoms with E-state index in [-0.39, 0.29) is 6.61 Å². The molecule has 2 rings (SSSR count). The molecule has 4 nitrogen and oxygen atoms in total. The van der Waals surface area contributed by atoms with E-state index < -0.39 is 5.24 Å². The maximum atomic E-state index is 11.7. The van der Waals surface area contributed by atoms with Gasteiger partial charge in [0.1, 0.15) is 12.4 Å². The number of nitrogens with zero attached hydrogens (tertiary/aromatic N) is 1. The van der Waals surface area contributed by atoms with Crippen LogP contribution in [0.5, 0.6) is 5.75 Å². The van der Waals surface area contributed by atoms with E-state index in [0.717, 1.165) is 28.6 Å². The summed E-state index contributed by atoms with van der Waals surface area (Å²) >= 11 is 7.13. The average molecular weight is 352 g/mol. The Morgan fingerprint density at radius 3 is 2.70 bits per heavy atom. The number of amides is 1. The Hall–Kier alpha value is -1.69. The van der Waals surface area contributed by atoms with E-state index in [1.807, 2.05) is 32.0 Å². The minimum atomic E-state index is -0.486. The van der Waals surface area contributed by atoms with Gasteiger partial charge in [-0.05, 0) is 43.9 Å². The molecule has 0 bridgehead atoms. The minimum absolute atomic E-state index is 0.150. The van der Waals surface area contributed by atoms with Gasteiger partial charge in [-0.1, -0.05) is 47.1 Å². The molecule has 0 unspecified atom stereocenters. The number of rotatable bonds is 4. The van der Waals surface area contributed by atoms with Gasteiger partial charge in [0.2, 0.25) is 0 Å². The summed E-state index contributed by atoms with van der Waals surface area (Å²) in [7, 11) is 0. The molecule has 0 radical (unpaired) electrons. The number of hydroxylamine groups is 1. The van der Waals surface area contributed by atoms with Gasteiger partial charge >= 0.3 is 5.24 Å². The second kappa shape index (κ2) is 7.73. The molecule has 2 aromatic carbocycles. The van der Waals surface area contributed by atoms with Gasteiger partial charge in [0.15, 0.2) is 0 Å². The number of anilines is 1. The molecule has 0 aliphatic rings. The zero-order valence-corrected chi connectivity index (χ0v) is 14.7. The van der Waals surface area contributed by atoms with Gasteiger partial charge < -0.3 is 4.74 Å². The van der Waals surface area contributed by atoms with Gasteiger partial charge in [0.25, 0.3) is 0 Å². The van der Waals surface area contributed by atoms with Gasteiger partial charge in [-0.3, -0.25) is 10.0 Å². The summed E-state index contributed by atoms with van der Waals surface area (Å²) in [5, 5.41) is 10.6. The summed E-state index contributed by atoms with van der Waals surface area (Å²) < 4.78 is 5.82. The highest BCUT2D eigenvalue weighted by molar-refractivity contribution is 8.13. The first-order chi connectivity index (χ1) is 10.9. The minimum Gasteiger partial charge on any atom is -0.488 e. The van der Waals surface area contributed by atoms with Gasteiger partial charge in [0, 0.05) is 10.6 Å². The van der Waals surface area contributed by atoms with Crippen LogP contribution in [0.2, 0.25) is 5.02 Å². The Kier molecular flexibility index (Phi) is 5.93. The number of hydrogen-bond acceptors (Lipinski definition) is 4. The van der Waals surface area contributed by atoms with E-state index in [4.69, 9.17) is 16.3 Å². The van der Waals surface area contributed by atoms with Gasteiger partial charge in [0.05, 0.1) is 5.69 Å². The molecular weight excluding hydrogens is 334 g/mol. The number of hydrogen-bond donors (Lipinski definition) is 1. The van der Waals surface area contributed by atoms with Crippen LogP contribution >= 0.6 is 23.4 Å². The highest BCUT2D eigenvalue weighted by Gasteiger charge is 2.18. The molecule has 0 aliphatic carbocycles. The van der Waals surface area contributed by atoms with E-state index in [1.165, 1.54) is 0 Å². The van der Waals surface area contributed by atoms with Gasteiger partial charge in [-0.2, -0.15) is 5.06 Å². The lowest BCUT2D eigenvalue weighted by Gasteiger charge is -2.19. The monoisotopic (exact) mass is 351 g/mol. The number of benzene rings is 2. The topological polar surface area (TPSA) is 49.8 Å². The Labute approximate surface area is 145 Å². The lowest BCUT2D eigenvalue weighted by Crippen LogP contribution is -2.24. The summed E-state index contributed by atoms with van der Waals surface area (Å²) in [5.41, 5.74) is 3.04. The smallest absolute Gasteiger partial charge is 0.309 e. The van der Waals surface area contributed by atoms with Crippen molar-refractivity contribution in [3.8, 4) is 5.75 Å². The molecule has 0 saturated heterocycles. The highest BCUT2D eigenvalue weighted by Crippen LogP contribution is 2.30. The normalized spacial score (nSPS) is 10.5. The summed E-state index contributed by atoms with van der Waals surface area (Å²) in [4.78, 5) is 11.7. The molecule has 0 heterocycles. The molecule has 0 aliphatic heterocycles. The van der Waals surface area contributed by atoms with Crippen LogP contribution < -0.4 is 9.80 Å². The molecule has 6 heteroatoms. The Morgan fingerprint density at radius 2 is 2.04 bits per heavy atom. The van der Waals surface area contributed by atoms with Gasteiger partial charge in [-0.25, -0.2) is 0 Å². The summed E-state index contributed by atoms with van der Waals surface area (Å²) in [6, 6.07) is 10.9. The van der Waals surface area contributed by atoms with E-state index in [0.29, 0.717) is 21.3 Å². The van der Waals surface area contributed by atoms with E-state index in [2.05, 4.69) is 0 Å². The van der Waals surface area contributed by atoms with Crippen molar-refractivity contribution in [1.29, 1.82) is 0 Å². The number of carbonyl (C=O) groups is 1. The number of ether oxygens (including phenoxy) is 1. The van der Waals surface area contributed by atoms with Crippen LogP contribution in [0, 0.1) is 13.8 Å². The largest absolute Gasteiger partial charge is 0.488 e. The Balaban J connectivity index is 2.27. The third-order valence-corrected chi connectivity index (χ3v) is 4.25. The van der Waals surface area contributed by atoms with E-state index in [1.54, 1.807) is 24.5 Å². The fraction of sp³-hybridized carbons (Fsp3) is 0.235. The van der Waals surface area contributed by atoms with Crippen molar-refractivity contribution in [3.63, 3.8) is 0 Å². The first-order valence-corrected chi connectivity index (χ1v) is 8.58. The van der Waals surface area contributed by atoms with Crippen LogP contribution in [0.15, 0.2) is 36.4 Å². The zero-order valence-electron chi connectivity index (χ0n) is 13.2. The predicted octanol–water partition coefficient (Wildman–Crippen LogP) is 5.21. The molecule has 1 amide bonds. The summed E-state index contributed by atoms with van der Waals surface area (Å²) in [6.07, 6.45) is 1.60. The number of aryl methyl sites for hydroxylation is 2. The van der Waals surface area contributed by atoms with Gasteiger partial charge in [-0.15, -0.1) is 0 Å². The number of thioether (sulfide) groups is 1. The molecule has 1 N–H and O–H groups in total. The molecule has 122 valence electrons. The lowest BCUT2D eigenvalue weighted by atomic mass is 10.1. The molecule has 0 spiro atoms. The van der Waals surface area contributed by atoms with Crippen molar-refractivity contribution in [2.75, 3.05) is 11.3 Å². The Bertz CT molecular complexity index is 721. The fourth-order valence-corrected chi connectivity index (χ4v) is 2.68. The third-order valence-electron chi connectivity index (χ3n) is 3.37. The van der Waals surface area contributed by atoms with Crippen molar-refractivity contribution in [3.05, 3.63) is 58.1 Å². The molecule has 0 atom stereocenters. The van der Waals surface area contributed by atoms with Crippen molar-refractivity contribution in [2.24, 2.45) is 0 Å². The number of halogens is 1. The van der Waals surface area contributed by atoms with Crippen LogP contribution in [0.4, 0.5) is 10.5 Å². The Morgan fingerprint density at radius 1 is 1.30 bits per heavy atom. The molecule has 0 fully saturated rings. The first kappa shape index (κ1) is 17.7. The molecule has 23 heavy (non-hydrogen) atoms. The van der Waals surface area contributed by atoms with Crippen LogP contribution in [0.25, 0.3) is 0 Å². The summed E-state index contributed by atoms with van der Waals surface area (Å²) in [6.45, 7) is 4.13. The quantitative estimate of drug-likeness (QED) is 0.606. The third kappa shape index (κ3) is 4.19. The van der Waals surface area contributed by atoms with Crippen molar-refractivity contribution in [2.45, 2.75) is 20.5 Å². The van der Waals surface area contributed by atoms with E-state index >= 15 is 0 Å². The highest BCUT2D eigenvalue weighted by atomic mass is 35.5. The average Bonchev–Trinajstić information content (AvgIpc) is 2.53. The fourth-order valence-electron chi connectivity index (χ4n) is 2.18. The molecule has 0 saturated carbocycles. The zero-order chi connectivity index (χ0) is 17.0. The molecule has 0 aromatic heterocycles. The predicted molar refractivity (Wildman–Crippen MR) is 94.9 cm³/mol. The molecular formula is C17H18ClNO3S. The van der Waals surface area contributed by atoms with E-state index in [9.17, 15) is 10.0 Å². The first-order valence-electron chi connectivity index (χ1n) is 6.98. The van der Waals surface area contributed by atoms with Crippen LogP contribution in [-0.2, 0) is 6.61 Å². The van der Waals surface area contributed by atoms with Crippen molar-refractivity contribution in [1.82, 2.24) is 0 Å². The SMILES string of the molecule is CSC(=O)N(O)c1cccc(Cl)c1COc1ccc(C)cc1C. The van der Waals surface area contributed by atoms with Crippen molar-refractivity contribution < 1.29 is 14.7 Å². The lowest BCUT2D eigenvalue weighted by molar-refractivity contribution is 0.223. The standard InChI is InChI=1S/C17H18ClNO3S/c1-11-7-8-16(12(2)9-11)22-10-13-14(18)5-4-6-15(13)19(21)17(20)23-3/h4-9,21H,10H2,1-3H3. The summed E-state index contributed by atoms with van der Waals surface area (Å²) in [5.74, 6) is 0.738. The second-order valence-corrected chi connectivity index (χ2v) is 6.24.